The summed E-state index contributed by atoms with van der Waals surface area (Å²) in [5, 5.41) is 2.64. The van der Waals surface area contributed by atoms with Crippen LogP contribution in [0.5, 0.6) is 0 Å². The van der Waals surface area contributed by atoms with E-state index in [0.29, 0.717) is 31.9 Å². The number of benzene rings is 2. The highest BCUT2D eigenvalue weighted by atomic mass is 32.2. The van der Waals surface area contributed by atoms with E-state index in [-0.39, 0.29) is 10.8 Å². The first-order chi connectivity index (χ1) is 12.8. The third kappa shape index (κ3) is 4.94. The van der Waals surface area contributed by atoms with Gasteiger partial charge < -0.3 is 5.32 Å². The zero-order valence-electron chi connectivity index (χ0n) is 15.7. The standard InChI is InChI=1S/C20H25N3O3S/c1-16-4-3-5-18(14-16)15-22-10-12-23(13-11-22)27(25,26)20-8-6-19(7-9-20)21-17(2)24/h3-9,14H,10-13,15H2,1-2H3,(H,21,24). The fourth-order valence-corrected chi connectivity index (χ4v) is 4.68. The van der Waals surface area contributed by atoms with Crippen LogP contribution in [0.3, 0.4) is 0 Å². The Morgan fingerprint density at radius 1 is 1.04 bits per heavy atom. The average Bonchev–Trinajstić information content (AvgIpc) is 2.62. The van der Waals surface area contributed by atoms with Crippen LogP contribution in [-0.2, 0) is 21.4 Å². The van der Waals surface area contributed by atoms with Crippen molar-refractivity contribution < 1.29 is 13.2 Å². The van der Waals surface area contributed by atoms with Crippen LogP contribution >= 0.6 is 0 Å². The van der Waals surface area contributed by atoms with Crippen molar-refractivity contribution in [2.24, 2.45) is 0 Å². The molecule has 0 unspecified atom stereocenters. The summed E-state index contributed by atoms with van der Waals surface area (Å²) in [5.74, 6) is -0.185. The molecule has 144 valence electrons. The molecule has 0 atom stereocenters. The second-order valence-corrected chi connectivity index (χ2v) is 8.81. The lowest BCUT2D eigenvalue weighted by Gasteiger charge is -2.34. The first-order valence-electron chi connectivity index (χ1n) is 9.00. The molecule has 0 radical (unpaired) electrons. The minimum Gasteiger partial charge on any atom is -0.326 e. The van der Waals surface area contributed by atoms with Crippen LogP contribution in [0.4, 0.5) is 5.69 Å². The molecule has 2 aromatic rings. The summed E-state index contributed by atoms with van der Waals surface area (Å²) < 4.78 is 27.2. The maximum Gasteiger partial charge on any atom is 0.243 e. The van der Waals surface area contributed by atoms with Crippen LogP contribution in [0.25, 0.3) is 0 Å². The van der Waals surface area contributed by atoms with Gasteiger partial charge in [-0.05, 0) is 36.8 Å². The Hall–Kier alpha value is -2.22. The summed E-state index contributed by atoms with van der Waals surface area (Å²) in [4.78, 5) is 13.6. The molecule has 6 nitrogen and oxygen atoms in total. The van der Waals surface area contributed by atoms with Gasteiger partial charge in [0, 0.05) is 45.3 Å². The van der Waals surface area contributed by atoms with E-state index < -0.39 is 10.0 Å². The highest BCUT2D eigenvalue weighted by Crippen LogP contribution is 2.20. The largest absolute Gasteiger partial charge is 0.326 e. The van der Waals surface area contributed by atoms with E-state index in [4.69, 9.17) is 0 Å². The van der Waals surface area contributed by atoms with Crippen LogP contribution < -0.4 is 5.32 Å². The Balaban J connectivity index is 1.61. The molecule has 0 saturated carbocycles. The summed E-state index contributed by atoms with van der Waals surface area (Å²) in [5.41, 5.74) is 3.07. The molecule has 1 heterocycles. The molecule has 27 heavy (non-hydrogen) atoms. The smallest absolute Gasteiger partial charge is 0.243 e. The molecular formula is C20H25N3O3S. The van der Waals surface area contributed by atoms with Gasteiger partial charge >= 0.3 is 0 Å². The zero-order valence-corrected chi connectivity index (χ0v) is 16.5. The Labute approximate surface area is 160 Å². The van der Waals surface area contributed by atoms with Gasteiger partial charge in [0.25, 0.3) is 0 Å². The monoisotopic (exact) mass is 387 g/mol. The van der Waals surface area contributed by atoms with Crippen LogP contribution in [-0.4, -0.2) is 49.7 Å². The molecule has 1 N–H and O–H groups in total. The second kappa shape index (κ2) is 8.21. The van der Waals surface area contributed by atoms with E-state index in [0.717, 1.165) is 6.54 Å². The first kappa shape index (κ1) is 19.5. The third-order valence-electron chi connectivity index (χ3n) is 4.63. The van der Waals surface area contributed by atoms with Gasteiger partial charge in [-0.1, -0.05) is 29.8 Å². The quantitative estimate of drug-likeness (QED) is 0.856. The number of aryl methyl sites for hydroxylation is 1. The summed E-state index contributed by atoms with van der Waals surface area (Å²) in [6.45, 7) is 6.69. The van der Waals surface area contributed by atoms with Crippen molar-refractivity contribution in [2.75, 3.05) is 31.5 Å². The number of rotatable bonds is 5. The van der Waals surface area contributed by atoms with Gasteiger partial charge in [-0.2, -0.15) is 4.31 Å². The van der Waals surface area contributed by atoms with E-state index >= 15 is 0 Å². The van der Waals surface area contributed by atoms with Gasteiger partial charge in [0.05, 0.1) is 4.90 Å². The summed E-state index contributed by atoms with van der Waals surface area (Å²) in [7, 11) is -3.52. The highest BCUT2D eigenvalue weighted by Gasteiger charge is 2.28. The molecule has 3 rings (SSSR count). The zero-order chi connectivity index (χ0) is 19.4. The minimum absolute atomic E-state index is 0.185. The molecule has 0 aliphatic carbocycles. The van der Waals surface area contributed by atoms with Gasteiger partial charge in [-0.15, -0.1) is 0 Å². The summed E-state index contributed by atoms with van der Waals surface area (Å²) in [6.07, 6.45) is 0. The highest BCUT2D eigenvalue weighted by molar-refractivity contribution is 7.89. The summed E-state index contributed by atoms with van der Waals surface area (Å²) >= 11 is 0. The fraction of sp³-hybridized carbons (Fsp3) is 0.350. The number of piperazine rings is 1. The Kier molecular flexibility index (Phi) is 5.94. The van der Waals surface area contributed by atoms with E-state index in [1.54, 1.807) is 24.3 Å². The van der Waals surface area contributed by atoms with E-state index in [9.17, 15) is 13.2 Å². The molecule has 0 bridgehead atoms. The molecule has 1 amide bonds. The molecule has 1 fully saturated rings. The topological polar surface area (TPSA) is 69.7 Å². The van der Waals surface area contributed by atoms with Gasteiger partial charge in [-0.3, -0.25) is 9.69 Å². The lowest BCUT2D eigenvalue weighted by Crippen LogP contribution is -2.48. The van der Waals surface area contributed by atoms with Crippen molar-refractivity contribution in [3.05, 3.63) is 59.7 Å². The second-order valence-electron chi connectivity index (χ2n) is 6.87. The van der Waals surface area contributed by atoms with E-state index in [1.807, 2.05) is 0 Å². The number of carbonyl (C=O) groups excluding carboxylic acids is 1. The first-order valence-corrected chi connectivity index (χ1v) is 10.4. The van der Waals surface area contributed by atoms with Gasteiger partial charge in [-0.25, -0.2) is 8.42 Å². The van der Waals surface area contributed by atoms with Crippen molar-refractivity contribution in [1.29, 1.82) is 0 Å². The molecule has 2 aromatic carbocycles. The predicted octanol–water partition coefficient (Wildman–Crippen LogP) is 2.46. The number of sulfonamides is 1. The number of carbonyl (C=O) groups is 1. The molecule has 0 aromatic heterocycles. The summed E-state index contributed by atoms with van der Waals surface area (Å²) in [6, 6.07) is 14.7. The molecule has 1 aliphatic rings. The number of amides is 1. The van der Waals surface area contributed by atoms with Gasteiger partial charge in [0.15, 0.2) is 0 Å². The van der Waals surface area contributed by atoms with Crippen LogP contribution in [0.2, 0.25) is 0 Å². The number of hydrogen-bond acceptors (Lipinski definition) is 4. The van der Waals surface area contributed by atoms with Crippen molar-refractivity contribution in [2.45, 2.75) is 25.3 Å². The maximum absolute atomic E-state index is 12.9. The Morgan fingerprint density at radius 3 is 2.30 bits per heavy atom. The molecular weight excluding hydrogens is 362 g/mol. The SMILES string of the molecule is CC(=O)Nc1ccc(S(=O)(=O)N2CCN(Cc3cccc(C)c3)CC2)cc1. The van der Waals surface area contributed by atoms with E-state index in [1.165, 1.54) is 22.4 Å². The predicted molar refractivity (Wildman–Crippen MR) is 106 cm³/mol. The Bertz CT molecular complexity index is 902. The minimum atomic E-state index is -3.52. The fourth-order valence-electron chi connectivity index (χ4n) is 3.26. The molecule has 7 heteroatoms. The van der Waals surface area contributed by atoms with Crippen molar-refractivity contribution in [3.63, 3.8) is 0 Å². The van der Waals surface area contributed by atoms with Gasteiger partial charge in [0.1, 0.15) is 0 Å². The van der Waals surface area contributed by atoms with Crippen molar-refractivity contribution in [1.82, 2.24) is 9.21 Å². The third-order valence-corrected chi connectivity index (χ3v) is 6.55. The average molecular weight is 388 g/mol. The lowest BCUT2D eigenvalue weighted by molar-refractivity contribution is -0.114. The number of anilines is 1. The maximum atomic E-state index is 12.9. The molecule has 1 saturated heterocycles. The normalized spacial score (nSPS) is 16.2. The van der Waals surface area contributed by atoms with E-state index in [2.05, 4.69) is 41.4 Å². The van der Waals surface area contributed by atoms with Crippen LogP contribution in [0.15, 0.2) is 53.4 Å². The van der Waals surface area contributed by atoms with Crippen LogP contribution in [0, 0.1) is 6.92 Å². The Morgan fingerprint density at radius 2 is 1.70 bits per heavy atom. The van der Waals surface area contributed by atoms with Crippen molar-refractivity contribution in [3.8, 4) is 0 Å². The molecule has 0 spiro atoms. The molecule has 1 aliphatic heterocycles. The number of nitrogens with one attached hydrogen (secondary N) is 1. The number of hydrogen-bond donors (Lipinski definition) is 1. The lowest BCUT2D eigenvalue weighted by atomic mass is 10.1. The van der Waals surface area contributed by atoms with Crippen LogP contribution in [0.1, 0.15) is 18.1 Å². The van der Waals surface area contributed by atoms with Crippen molar-refractivity contribution >= 4 is 21.6 Å². The van der Waals surface area contributed by atoms with Gasteiger partial charge in [0.2, 0.25) is 15.9 Å². The number of nitrogens with zero attached hydrogens (tertiary/aromatic N) is 2.